The van der Waals surface area contributed by atoms with Crippen LogP contribution in [0.15, 0.2) is 18.3 Å². The molecule has 0 aromatic carbocycles. The first-order chi connectivity index (χ1) is 8.88. The maximum atomic E-state index is 11.4. The summed E-state index contributed by atoms with van der Waals surface area (Å²) >= 11 is 0. The smallest absolute Gasteiger partial charge is 0.406 e. The SMILES string of the molecule is CC.COC(=O)C(C)(C)Oc1cccnc1[N+](=O)[O-]. The van der Waals surface area contributed by atoms with Crippen LogP contribution in [-0.2, 0) is 9.53 Å². The molecule has 0 aliphatic rings. The quantitative estimate of drug-likeness (QED) is 0.473. The van der Waals surface area contributed by atoms with Gasteiger partial charge in [0.2, 0.25) is 11.4 Å². The van der Waals surface area contributed by atoms with Crippen LogP contribution in [0, 0.1) is 10.1 Å². The molecule has 1 aromatic rings. The maximum Gasteiger partial charge on any atom is 0.406 e. The molecule has 0 saturated carbocycles. The number of rotatable bonds is 4. The molecule has 0 aliphatic heterocycles. The van der Waals surface area contributed by atoms with Crippen molar-refractivity contribution in [1.82, 2.24) is 4.98 Å². The monoisotopic (exact) mass is 270 g/mol. The number of hydrogen-bond donors (Lipinski definition) is 0. The van der Waals surface area contributed by atoms with Crippen LogP contribution in [0.2, 0.25) is 0 Å². The molecule has 0 saturated heterocycles. The highest BCUT2D eigenvalue weighted by Gasteiger charge is 2.33. The van der Waals surface area contributed by atoms with E-state index in [2.05, 4.69) is 9.72 Å². The minimum atomic E-state index is -1.32. The molecule has 1 heterocycles. The van der Waals surface area contributed by atoms with Crippen LogP contribution in [0.4, 0.5) is 5.82 Å². The van der Waals surface area contributed by atoms with Crippen LogP contribution in [-0.4, -0.2) is 28.6 Å². The zero-order valence-corrected chi connectivity index (χ0v) is 11.7. The van der Waals surface area contributed by atoms with Crippen LogP contribution >= 0.6 is 0 Å². The molecule has 0 radical (unpaired) electrons. The van der Waals surface area contributed by atoms with E-state index in [1.807, 2.05) is 13.8 Å². The number of nitro groups is 1. The molecule has 0 atom stereocenters. The van der Waals surface area contributed by atoms with E-state index in [0.717, 1.165) is 0 Å². The fraction of sp³-hybridized carbons (Fsp3) is 0.500. The molecule has 0 aliphatic carbocycles. The first kappa shape index (κ1) is 16.8. The lowest BCUT2D eigenvalue weighted by Gasteiger charge is -2.22. The van der Waals surface area contributed by atoms with Crippen molar-refractivity contribution < 1.29 is 19.2 Å². The van der Waals surface area contributed by atoms with Crippen molar-refractivity contribution in [2.75, 3.05) is 7.11 Å². The van der Waals surface area contributed by atoms with Crippen LogP contribution in [0.25, 0.3) is 0 Å². The Bertz CT molecular complexity index is 446. The van der Waals surface area contributed by atoms with Crippen LogP contribution in [0.5, 0.6) is 5.75 Å². The van der Waals surface area contributed by atoms with E-state index in [-0.39, 0.29) is 5.75 Å². The molecule has 0 bridgehead atoms. The number of hydrogen-bond acceptors (Lipinski definition) is 6. The zero-order chi connectivity index (χ0) is 15.1. The molecule has 7 heteroatoms. The first-order valence-corrected chi connectivity index (χ1v) is 5.75. The second kappa shape index (κ2) is 7.30. The molecule has 1 rings (SSSR count). The Labute approximate surface area is 111 Å². The number of aromatic nitrogens is 1. The fourth-order valence-corrected chi connectivity index (χ4v) is 1.16. The average molecular weight is 270 g/mol. The van der Waals surface area contributed by atoms with E-state index in [9.17, 15) is 14.9 Å². The summed E-state index contributed by atoms with van der Waals surface area (Å²) in [5, 5.41) is 10.7. The summed E-state index contributed by atoms with van der Waals surface area (Å²) in [5.41, 5.74) is -1.32. The summed E-state index contributed by atoms with van der Waals surface area (Å²) in [4.78, 5) is 25.0. The van der Waals surface area contributed by atoms with Gasteiger partial charge in [0.15, 0.2) is 0 Å². The van der Waals surface area contributed by atoms with Crippen LogP contribution in [0.3, 0.4) is 0 Å². The Morgan fingerprint density at radius 2 is 2.00 bits per heavy atom. The van der Waals surface area contributed by atoms with Gasteiger partial charge in [-0.25, -0.2) is 4.79 Å². The highest BCUT2D eigenvalue weighted by molar-refractivity contribution is 5.79. The van der Waals surface area contributed by atoms with E-state index in [4.69, 9.17) is 4.74 Å². The van der Waals surface area contributed by atoms with Crippen molar-refractivity contribution in [2.24, 2.45) is 0 Å². The lowest BCUT2D eigenvalue weighted by atomic mass is 10.1. The lowest BCUT2D eigenvalue weighted by molar-refractivity contribution is -0.390. The molecular weight excluding hydrogens is 252 g/mol. The fourth-order valence-electron chi connectivity index (χ4n) is 1.16. The van der Waals surface area contributed by atoms with Gasteiger partial charge in [-0.2, -0.15) is 0 Å². The summed E-state index contributed by atoms with van der Waals surface area (Å²) in [5.74, 6) is -1.15. The van der Waals surface area contributed by atoms with Crippen molar-refractivity contribution in [3.63, 3.8) is 0 Å². The summed E-state index contributed by atoms with van der Waals surface area (Å²) in [7, 11) is 1.21. The van der Waals surface area contributed by atoms with Gasteiger partial charge >= 0.3 is 11.8 Å². The molecule has 7 nitrogen and oxygen atoms in total. The van der Waals surface area contributed by atoms with Gasteiger partial charge in [0.05, 0.1) is 7.11 Å². The standard InChI is InChI=1S/C10H12N2O5.C2H6/c1-10(2,9(13)16-3)17-7-5-4-6-11-8(7)12(14)15;1-2/h4-6H,1-3H3;1-2H3. The Morgan fingerprint density at radius 1 is 1.42 bits per heavy atom. The molecule has 106 valence electrons. The molecule has 0 spiro atoms. The molecule has 19 heavy (non-hydrogen) atoms. The number of nitrogens with zero attached hydrogens (tertiary/aromatic N) is 2. The van der Waals surface area contributed by atoms with Crippen LogP contribution in [0.1, 0.15) is 27.7 Å². The number of methoxy groups -OCH3 is 1. The third-order valence-electron chi connectivity index (χ3n) is 1.97. The van der Waals surface area contributed by atoms with Crippen molar-refractivity contribution >= 4 is 11.8 Å². The highest BCUT2D eigenvalue weighted by atomic mass is 16.6. The normalized spacial score (nSPS) is 9.95. The first-order valence-electron chi connectivity index (χ1n) is 5.75. The maximum absolute atomic E-state index is 11.4. The molecule has 0 amide bonds. The van der Waals surface area contributed by atoms with Gasteiger partial charge in [-0.3, -0.25) is 0 Å². The van der Waals surface area contributed by atoms with Gasteiger partial charge in [0.1, 0.15) is 6.20 Å². The lowest BCUT2D eigenvalue weighted by Crippen LogP contribution is -2.39. The average Bonchev–Trinajstić information content (AvgIpc) is 2.40. The predicted octanol–water partition coefficient (Wildman–Crippen LogP) is 2.35. The third-order valence-corrected chi connectivity index (χ3v) is 1.97. The van der Waals surface area contributed by atoms with Gasteiger partial charge < -0.3 is 19.6 Å². The molecule has 0 fully saturated rings. The molecular formula is C12H18N2O5. The molecule has 1 aromatic heterocycles. The minimum Gasteiger partial charge on any atom is -0.468 e. The number of carbonyl (C=O) groups is 1. The van der Waals surface area contributed by atoms with Crippen molar-refractivity contribution in [1.29, 1.82) is 0 Å². The van der Waals surface area contributed by atoms with E-state index >= 15 is 0 Å². The number of pyridine rings is 1. The number of carbonyl (C=O) groups excluding carboxylic acids is 1. The van der Waals surface area contributed by atoms with Crippen molar-refractivity contribution in [3.8, 4) is 5.75 Å². The van der Waals surface area contributed by atoms with Gasteiger partial charge in [-0.15, -0.1) is 0 Å². The Kier molecular flexibility index (Phi) is 6.46. The van der Waals surface area contributed by atoms with E-state index < -0.39 is 22.3 Å². The van der Waals surface area contributed by atoms with Gasteiger partial charge in [0.25, 0.3) is 0 Å². The Morgan fingerprint density at radius 3 is 2.47 bits per heavy atom. The Balaban J connectivity index is 0.00000154. The molecule has 0 N–H and O–H groups in total. The molecule has 0 unspecified atom stereocenters. The Hall–Kier alpha value is -2.18. The van der Waals surface area contributed by atoms with E-state index in [1.165, 1.54) is 39.3 Å². The second-order valence-corrected chi connectivity index (χ2v) is 3.69. The summed E-state index contributed by atoms with van der Waals surface area (Å²) in [6.07, 6.45) is 1.27. The highest BCUT2D eigenvalue weighted by Crippen LogP contribution is 2.27. The predicted molar refractivity (Wildman–Crippen MR) is 69.0 cm³/mol. The topological polar surface area (TPSA) is 91.6 Å². The summed E-state index contributed by atoms with van der Waals surface area (Å²) in [6, 6.07) is 2.85. The second-order valence-electron chi connectivity index (χ2n) is 3.69. The van der Waals surface area contributed by atoms with Gasteiger partial charge in [0, 0.05) is 0 Å². The van der Waals surface area contributed by atoms with Crippen LogP contribution < -0.4 is 4.74 Å². The number of ether oxygens (including phenoxy) is 2. The largest absolute Gasteiger partial charge is 0.468 e. The van der Waals surface area contributed by atoms with Crippen molar-refractivity contribution in [2.45, 2.75) is 33.3 Å². The van der Waals surface area contributed by atoms with Gasteiger partial charge in [-0.1, -0.05) is 13.8 Å². The zero-order valence-electron chi connectivity index (χ0n) is 11.7. The van der Waals surface area contributed by atoms with Gasteiger partial charge in [-0.05, 0) is 35.9 Å². The summed E-state index contributed by atoms with van der Waals surface area (Å²) in [6.45, 7) is 6.91. The van der Waals surface area contributed by atoms with E-state index in [0.29, 0.717) is 0 Å². The third kappa shape index (κ3) is 4.53. The summed E-state index contributed by atoms with van der Waals surface area (Å²) < 4.78 is 9.80. The van der Waals surface area contributed by atoms with Crippen molar-refractivity contribution in [3.05, 3.63) is 28.4 Å². The number of esters is 1. The minimum absolute atomic E-state index is 0.0760. The van der Waals surface area contributed by atoms with E-state index in [1.54, 1.807) is 0 Å².